The highest BCUT2D eigenvalue weighted by Gasteiger charge is 2.09. The van der Waals surface area contributed by atoms with Gasteiger partial charge in [0.1, 0.15) is 5.75 Å². The number of thiocarbonyl (C=S) groups is 1. The summed E-state index contributed by atoms with van der Waals surface area (Å²) in [5.74, 6) is 0.00266. The maximum Gasteiger partial charge on any atom is 0.189 e. The van der Waals surface area contributed by atoms with Crippen LogP contribution in [-0.4, -0.2) is 45.5 Å². The van der Waals surface area contributed by atoms with Crippen LogP contribution in [0.4, 0.5) is 0 Å². The van der Waals surface area contributed by atoms with E-state index in [-0.39, 0.29) is 12.4 Å². The summed E-state index contributed by atoms with van der Waals surface area (Å²) in [6, 6.07) is 0. The van der Waals surface area contributed by atoms with Crippen molar-refractivity contribution in [1.29, 1.82) is 0 Å². The van der Waals surface area contributed by atoms with Crippen LogP contribution in [0, 0.1) is 6.92 Å². The number of pyridine rings is 1. The Morgan fingerprint density at radius 1 is 1.61 bits per heavy atom. The highest BCUT2D eigenvalue weighted by Crippen LogP contribution is 2.21. The monoisotopic (exact) mass is 268 g/mol. The zero-order valence-electron chi connectivity index (χ0n) is 10.5. The van der Waals surface area contributed by atoms with Crippen LogP contribution in [0.15, 0.2) is 11.3 Å². The van der Waals surface area contributed by atoms with E-state index in [1.54, 1.807) is 25.9 Å². The van der Waals surface area contributed by atoms with Crippen molar-refractivity contribution in [1.82, 2.24) is 15.3 Å². The molecule has 0 amide bonds. The lowest BCUT2D eigenvalue weighted by Gasteiger charge is -2.12. The molecule has 1 rings (SSSR count). The van der Waals surface area contributed by atoms with Crippen molar-refractivity contribution >= 4 is 23.5 Å². The molecule has 18 heavy (non-hydrogen) atoms. The van der Waals surface area contributed by atoms with Crippen LogP contribution < -0.4 is 5.43 Å². The first-order valence-corrected chi connectivity index (χ1v) is 5.66. The van der Waals surface area contributed by atoms with E-state index in [9.17, 15) is 5.11 Å². The topological polar surface area (TPSA) is 81.0 Å². The van der Waals surface area contributed by atoms with Crippen molar-refractivity contribution in [3.63, 3.8) is 0 Å². The lowest BCUT2D eigenvalue weighted by Crippen LogP contribution is -2.30. The van der Waals surface area contributed by atoms with Gasteiger partial charge >= 0.3 is 0 Å². The van der Waals surface area contributed by atoms with Gasteiger partial charge in [0.05, 0.1) is 18.5 Å². The van der Waals surface area contributed by atoms with Gasteiger partial charge in [0.15, 0.2) is 5.11 Å². The van der Waals surface area contributed by atoms with Crippen LogP contribution in [-0.2, 0) is 6.61 Å². The summed E-state index contributed by atoms with van der Waals surface area (Å²) >= 11 is 4.99. The Bertz CT molecular complexity index is 474. The van der Waals surface area contributed by atoms with Crippen LogP contribution in [0.25, 0.3) is 0 Å². The first-order chi connectivity index (χ1) is 8.47. The van der Waals surface area contributed by atoms with Crippen molar-refractivity contribution in [3.05, 3.63) is 23.0 Å². The van der Waals surface area contributed by atoms with E-state index >= 15 is 0 Å². The van der Waals surface area contributed by atoms with Gasteiger partial charge in [-0.25, -0.2) is 0 Å². The Balaban J connectivity index is 2.93. The predicted molar refractivity (Wildman–Crippen MR) is 73.6 cm³/mol. The smallest absolute Gasteiger partial charge is 0.189 e. The molecule has 1 aromatic rings. The molecule has 0 aliphatic heterocycles. The van der Waals surface area contributed by atoms with Crippen LogP contribution in [0.1, 0.15) is 16.8 Å². The third-order valence-electron chi connectivity index (χ3n) is 2.29. The average Bonchev–Trinajstić information content (AvgIpc) is 2.34. The van der Waals surface area contributed by atoms with Crippen molar-refractivity contribution in [2.45, 2.75) is 13.5 Å². The number of hydrazone groups is 1. The third-order valence-corrected chi connectivity index (χ3v) is 2.74. The fourth-order valence-corrected chi connectivity index (χ4v) is 1.23. The molecule has 7 heteroatoms. The number of hydrogen-bond acceptors (Lipinski definition) is 5. The molecule has 0 unspecified atom stereocenters. The number of aromatic nitrogens is 1. The number of aliphatic hydroxyl groups is 1. The SMILES string of the molecule is Cc1ncc(CO)c(C=NNC(=S)N(C)C)c1O. The largest absolute Gasteiger partial charge is 0.505 e. The van der Waals surface area contributed by atoms with E-state index in [1.807, 2.05) is 0 Å². The minimum Gasteiger partial charge on any atom is -0.505 e. The van der Waals surface area contributed by atoms with Crippen molar-refractivity contribution in [2.75, 3.05) is 14.1 Å². The van der Waals surface area contributed by atoms with Gasteiger partial charge < -0.3 is 15.1 Å². The van der Waals surface area contributed by atoms with Crippen LogP contribution in [0.5, 0.6) is 5.75 Å². The molecule has 0 spiro atoms. The van der Waals surface area contributed by atoms with Gasteiger partial charge in [-0.05, 0) is 19.1 Å². The molecule has 0 aliphatic rings. The van der Waals surface area contributed by atoms with Gasteiger partial charge in [-0.1, -0.05) is 0 Å². The molecule has 0 aromatic carbocycles. The Labute approximate surface area is 111 Å². The van der Waals surface area contributed by atoms with Gasteiger partial charge in [0.2, 0.25) is 0 Å². The van der Waals surface area contributed by atoms with Crippen molar-refractivity contribution in [3.8, 4) is 5.75 Å². The van der Waals surface area contributed by atoms with Crippen molar-refractivity contribution in [2.24, 2.45) is 5.10 Å². The summed E-state index contributed by atoms with van der Waals surface area (Å²) in [5, 5.41) is 23.4. The van der Waals surface area contributed by atoms with E-state index in [0.717, 1.165) is 0 Å². The number of aromatic hydroxyl groups is 1. The summed E-state index contributed by atoms with van der Waals surface area (Å²) in [6.07, 6.45) is 2.91. The quantitative estimate of drug-likeness (QED) is 0.417. The molecule has 1 aromatic heterocycles. The molecule has 0 radical (unpaired) electrons. The second-order valence-corrected chi connectivity index (χ2v) is 4.25. The van der Waals surface area contributed by atoms with Gasteiger partial charge in [0.25, 0.3) is 0 Å². The fourth-order valence-electron chi connectivity index (χ4n) is 1.17. The highest BCUT2D eigenvalue weighted by molar-refractivity contribution is 7.80. The maximum atomic E-state index is 9.85. The molecule has 98 valence electrons. The van der Waals surface area contributed by atoms with Crippen LogP contribution >= 0.6 is 12.2 Å². The molecule has 0 fully saturated rings. The zero-order chi connectivity index (χ0) is 13.7. The van der Waals surface area contributed by atoms with Crippen LogP contribution in [0.3, 0.4) is 0 Å². The predicted octanol–water partition coefficient (Wildman–Crippen LogP) is 0.358. The lowest BCUT2D eigenvalue weighted by molar-refractivity contribution is 0.280. The molecule has 0 saturated carbocycles. The molecule has 0 atom stereocenters. The summed E-state index contributed by atoms with van der Waals surface area (Å²) in [4.78, 5) is 5.65. The Kier molecular flexibility index (Phi) is 4.99. The Morgan fingerprint density at radius 2 is 2.28 bits per heavy atom. The number of hydrogen-bond donors (Lipinski definition) is 3. The minimum absolute atomic E-state index is 0.00266. The standard InChI is InChI=1S/C11H16N4O2S/c1-7-10(17)9(8(6-16)4-12-7)5-13-14-11(18)15(2)3/h4-5,16-17H,6H2,1-3H3,(H,14,18). The molecule has 0 aliphatic carbocycles. The number of aryl methyl sites for hydroxylation is 1. The number of nitrogens with one attached hydrogen (secondary N) is 1. The molecule has 6 nitrogen and oxygen atoms in total. The summed E-state index contributed by atoms with van der Waals surface area (Å²) < 4.78 is 0. The van der Waals surface area contributed by atoms with Gasteiger partial charge in [-0.15, -0.1) is 0 Å². The molecular formula is C11H16N4O2S. The second kappa shape index (κ2) is 6.27. The third kappa shape index (κ3) is 3.38. The number of nitrogens with zero attached hydrogens (tertiary/aromatic N) is 3. The van der Waals surface area contributed by atoms with Gasteiger partial charge in [-0.3, -0.25) is 10.4 Å². The van der Waals surface area contributed by atoms with Crippen LogP contribution in [0.2, 0.25) is 0 Å². The summed E-state index contributed by atoms with van der Waals surface area (Å²) in [7, 11) is 3.58. The Hall–Kier alpha value is -1.73. The number of aliphatic hydroxyl groups excluding tert-OH is 1. The summed E-state index contributed by atoms with van der Waals surface area (Å²) in [6.45, 7) is 1.45. The van der Waals surface area contributed by atoms with Gasteiger partial charge in [-0.2, -0.15) is 5.10 Å². The molecule has 0 bridgehead atoms. The van der Waals surface area contributed by atoms with E-state index in [2.05, 4.69) is 15.5 Å². The molecular weight excluding hydrogens is 252 g/mol. The number of rotatable bonds is 3. The molecule has 0 saturated heterocycles. The normalized spacial score (nSPS) is 10.7. The summed E-state index contributed by atoms with van der Waals surface area (Å²) in [5.41, 5.74) is 4.05. The van der Waals surface area contributed by atoms with E-state index < -0.39 is 0 Å². The zero-order valence-corrected chi connectivity index (χ0v) is 11.3. The first kappa shape index (κ1) is 14.3. The molecule has 3 N–H and O–H groups in total. The minimum atomic E-state index is -0.222. The van der Waals surface area contributed by atoms with Crippen molar-refractivity contribution < 1.29 is 10.2 Å². The fraction of sp³-hybridized carbons (Fsp3) is 0.364. The molecule has 1 heterocycles. The van der Waals surface area contributed by atoms with Gasteiger partial charge in [0, 0.05) is 31.4 Å². The average molecular weight is 268 g/mol. The second-order valence-electron chi connectivity index (χ2n) is 3.86. The van der Waals surface area contributed by atoms with E-state index in [0.29, 0.717) is 21.9 Å². The highest BCUT2D eigenvalue weighted by atomic mass is 32.1. The van der Waals surface area contributed by atoms with E-state index in [4.69, 9.17) is 17.3 Å². The lowest BCUT2D eigenvalue weighted by atomic mass is 10.1. The maximum absolute atomic E-state index is 9.85. The Morgan fingerprint density at radius 3 is 2.83 bits per heavy atom. The first-order valence-electron chi connectivity index (χ1n) is 5.26. The van der Waals surface area contributed by atoms with E-state index in [1.165, 1.54) is 12.4 Å².